The third kappa shape index (κ3) is 4.62. The molecule has 0 fully saturated rings. The van der Waals surface area contributed by atoms with Crippen molar-refractivity contribution in [2.45, 2.75) is 33.1 Å². The summed E-state index contributed by atoms with van der Waals surface area (Å²) in [5, 5.41) is 16.2. The SMILES string of the molecule is Cc1nc(Nc2ccc(C(F)(F)F)cc2)c(-c2noc(=O)[nH]2)c(OCC(C)O)c1C. The number of hydrogen-bond acceptors (Lipinski definition) is 7. The normalized spacial score (nSPS) is 12.6. The largest absolute Gasteiger partial charge is 0.490 e. The molecule has 3 aromatic rings. The summed E-state index contributed by atoms with van der Waals surface area (Å²) in [5.74, 6) is -0.304. The van der Waals surface area contributed by atoms with Gasteiger partial charge in [-0.1, -0.05) is 5.16 Å². The van der Waals surface area contributed by atoms with Gasteiger partial charge in [0.1, 0.15) is 23.7 Å². The van der Waals surface area contributed by atoms with E-state index in [-0.39, 0.29) is 23.8 Å². The van der Waals surface area contributed by atoms with E-state index >= 15 is 0 Å². The number of aromatic nitrogens is 3. The van der Waals surface area contributed by atoms with Crippen LogP contribution in [0.4, 0.5) is 24.7 Å². The monoisotopic (exact) mass is 424 g/mol. The van der Waals surface area contributed by atoms with Gasteiger partial charge in [-0.3, -0.25) is 9.51 Å². The second kappa shape index (κ2) is 8.19. The molecular formula is C19H19F3N4O4. The second-order valence-electron chi connectivity index (χ2n) is 6.68. The molecule has 0 saturated heterocycles. The lowest BCUT2D eigenvalue weighted by atomic mass is 10.1. The minimum atomic E-state index is -4.45. The number of aromatic amines is 1. The average Bonchev–Trinajstić information content (AvgIpc) is 3.08. The minimum Gasteiger partial charge on any atom is -0.490 e. The maximum absolute atomic E-state index is 12.8. The van der Waals surface area contributed by atoms with Crippen LogP contribution < -0.4 is 15.8 Å². The third-order valence-electron chi connectivity index (χ3n) is 4.25. The van der Waals surface area contributed by atoms with Crippen molar-refractivity contribution >= 4 is 11.5 Å². The first-order valence-electron chi connectivity index (χ1n) is 8.89. The van der Waals surface area contributed by atoms with Crippen LogP contribution in [0.1, 0.15) is 23.7 Å². The van der Waals surface area contributed by atoms with E-state index < -0.39 is 23.6 Å². The number of rotatable bonds is 6. The van der Waals surface area contributed by atoms with Gasteiger partial charge in [-0.2, -0.15) is 13.2 Å². The number of aliphatic hydroxyl groups excluding tert-OH is 1. The number of ether oxygens (including phenoxy) is 1. The smallest absolute Gasteiger partial charge is 0.439 e. The summed E-state index contributed by atoms with van der Waals surface area (Å²) in [6.45, 7) is 4.96. The molecule has 2 heterocycles. The summed E-state index contributed by atoms with van der Waals surface area (Å²) >= 11 is 0. The zero-order valence-corrected chi connectivity index (χ0v) is 16.3. The van der Waals surface area contributed by atoms with Gasteiger partial charge in [0.2, 0.25) is 0 Å². The van der Waals surface area contributed by atoms with E-state index in [1.807, 2.05) is 0 Å². The van der Waals surface area contributed by atoms with Gasteiger partial charge in [0, 0.05) is 16.9 Å². The van der Waals surface area contributed by atoms with Crippen LogP contribution >= 0.6 is 0 Å². The Bertz CT molecular complexity index is 1090. The van der Waals surface area contributed by atoms with Crippen molar-refractivity contribution in [2.24, 2.45) is 0 Å². The molecule has 30 heavy (non-hydrogen) atoms. The fraction of sp³-hybridized carbons (Fsp3) is 0.316. The molecule has 0 aliphatic heterocycles. The molecule has 0 amide bonds. The number of aryl methyl sites for hydroxylation is 1. The van der Waals surface area contributed by atoms with Crippen LogP contribution in [-0.2, 0) is 6.18 Å². The van der Waals surface area contributed by atoms with Gasteiger partial charge in [-0.25, -0.2) is 9.78 Å². The van der Waals surface area contributed by atoms with E-state index in [9.17, 15) is 23.1 Å². The Hall–Kier alpha value is -3.34. The number of pyridine rings is 1. The predicted octanol–water partition coefficient (Wildman–Crippen LogP) is 3.56. The Morgan fingerprint density at radius 1 is 1.27 bits per heavy atom. The average molecular weight is 424 g/mol. The zero-order valence-electron chi connectivity index (χ0n) is 16.3. The summed E-state index contributed by atoms with van der Waals surface area (Å²) in [7, 11) is 0. The van der Waals surface area contributed by atoms with Gasteiger partial charge >= 0.3 is 11.9 Å². The van der Waals surface area contributed by atoms with Crippen molar-refractivity contribution in [1.29, 1.82) is 0 Å². The van der Waals surface area contributed by atoms with Gasteiger partial charge in [0.05, 0.1) is 11.7 Å². The lowest BCUT2D eigenvalue weighted by Gasteiger charge is -2.19. The maximum atomic E-state index is 12.8. The molecule has 3 N–H and O–H groups in total. The van der Waals surface area contributed by atoms with Crippen LogP contribution in [0, 0.1) is 13.8 Å². The number of hydrogen-bond donors (Lipinski definition) is 3. The van der Waals surface area contributed by atoms with E-state index in [0.29, 0.717) is 22.7 Å². The van der Waals surface area contributed by atoms with Crippen LogP contribution in [0.5, 0.6) is 5.75 Å². The van der Waals surface area contributed by atoms with Crippen molar-refractivity contribution < 1.29 is 27.5 Å². The van der Waals surface area contributed by atoms with Crippen LogP contribution in [0.3, 0.4) is 0 Å². The molecule has 8 nitrogen and oxygen atoms in total. The Kier molecular flexibility index (Phi) is 5.83. The maximum Gasteiger partial charge on any atom is 0.439 e. The van der Waals surface area contributed by atoms with Crippen LogP contribution in [0.25, 0.3) is 11.4 Å². The van der Waals surface area contributed by atoms with Gasteiger partial charge < -0.3 is 15.2 Å². The topological polar surface area (TPSA) is 113 Å². The quantitative estimate of drug-likeness (QED) is 0.554. The summed E-state index contributed by atoms with van der Waals surface area (Å²) in [4.78, 5) is 18.3. The molecule has 2 aromatic heterocycles. The number of nitrogens with one attached hydrogen (secondary N) is 2. The lowest BCUT2D eigenvalue weighted by Crippen LogP contribution is -2.15. The van der Waals surface area contributed by atoms with Crippen molar-refractivity contribution in [3.63, 3.8) is 0 Å². The van der Waals surface area contributed by atoms with Crippen molar-refractivity contribution in [3.8, 4) is 17.1 Å². The number of aliphatic hydroxyl groups is 1. The highest BCUT2D eigenvalue weighted by Crippen LogP contribution is 2.39. The van der Waals surface area contributed by atoms with E-state index in [4.69, 9.17) is 4.74 Å². The number of halogens is 3. The van der Waals surface area contributed by atoms with Crippen LogP contribution in [0.15, 0.2) is 33.6 Å². The first kappa shape index (κ1) is 21.4. The first-order valence-corrected chi connectivity index (χ1v) is 8.89. The standard InChI is InChI=1S/C19H19F3N4O4/c1-9(27)8-29-15-10(2)11(3)23-16(14(15)17-25-18(28)30-26-17)24-13-6-4-12(5-7-13)19(20,21)22/h4-7,9,27H,8H2,1-3H3,(H,23,24)(H,25,26,28). The van der Waals surface area contributed by atoms with Gasteiger partial charge in [0.15, 0.2) is 5.82 Å². The summed E-state index contributed by atoms with van der Waals surface area (Å²) < 4.78 is 48.8. The molecule has 0 bridgehead atoms. The highest BCUT2D eigenvalue weighted by atomic mass is 19.4. The van der Waals surface area contributed by atoms with Gasteiger partial charge in [0.25, 0.3) is 0 Å². The number of anilines is 2. The van der Waals surface area contributed by atoms with Crippen molar-refractivity contribution in [3.05, 3.63) is 51.6 Å². The summed E-state index contributed by atoms with van der Waals surface area (Å²) in [6, 6.07) is 4.38. The second-order valence-corrected chi connectivity index (χ2v) is 6.68. The molecule has 160 valence electrons. The molecule has 0 aliphatic rings. The highest BCUT2D eigenvalue weighted by Gasteiger charge is 2.30. The van der Waals surface area contributed by atoms with Crippen LogP contribution in [-0.4, -0.2) is 32.9 Å². The third-order valence-corrected chi connectivity index (χ3v) is 4.25. The summed E-state index contributed by atoms with van der Waals surface area (Å²) in [5.41, 5.74) is 0.979. The molecular weight excluding hydrogens is 405 g/mol. The molecule has 0 aliphatic carbocycles. The fourth-order valence-electron chi connectivity index (χ4n) is 2.68. The zero-order chi connectivity index (χ0) is 22.1. The van der Waals surface area contributed by atoms with E-state index in [0.717, 1.165) is 12.1 Å². The van der Waals surface area contributed by atoms with E-state index in [1.54, 1.807) is 20.8 Å². The minimum absolute atomic E-state index is 0.0191. The van der Waals surface area contributed by atoms with Crippen molar-refractivity contribution in [2.75, 3.05) is 11.9 Å². The Morgan fingerprint density at radius 3 is 2.47 bits per heavy atom. The predicted molar refractivity (Wildman–Crippen MR) is 102 cm³/mol. The molecule has 0 radical (unpaired) electrons. The molecule has 11 heteroatoms. The number of benzene rings is 1. The first-order chi connectivity index (χ1) is 14.1. The van der Waals surface area contributed by atoms with E-state index in [1.165, 1.54) is 12.1 Å². The number of nitrogens with zero attached hydrogens (tertiary/aromatic N) is 2. The number of H-pyrrole nitrogens is 1. The fourth-order valence-corrected chi connectivity index (χ4v) is 2.68. The summed E-state index contributed by atoms with van der Waals surface area (Å²) in [6.07, 6.45) is -5.22. The molecule has 0 spiro atoms. The Labute approximate surface area is 168 Å². The lowest BCUT2D eigenvalue weighted by molar-refractivity contribution is -0.137. The molecule has 3 rings (SSSR count). The molecule has 1 aromatic carbocycles. The molecule has 1 atom stereocenters. The van der Waals surface area contributed by atoms with Crippen molar-refractivity contribution in [1.82, 2.24) is 15.1 Å². The van der Waals surface area contributed by atoms with Gasteiger partial charge in [-0.05, 0) is 45.0 Å². The molecule has 1 unspecified atom stereocenters. The van der Waals surface area contributed by atoms with E-state index in [2.05, 4.69) is 25.0 Å². The van der Waals surface area contributed by atoms with Crippen LogP contribution in [0.2, 0.25) is 0 Å². The van der Waals surface area contributed by atoms with Gasteiger partial charge in [-0.15, -0.1) is 0 Å². The molecule has 0 saturated carbocycles. The highest BCUT2D eigenvalue weighted by molar-refractivity contribution is 5.81. The number of alkyl halides is 3. The Morgan fingerprint density at radius 2 is 1.93 bits per heavy atom. The Balaban J connectivity index is 2.09.